The Kier molecular flexibility index (Phi) is 3.44. The van der Waals surface area contributed by atoms with Crippen molar-refractivity contribution in [3.05, 3.63) is 42.1 Å². The number of nitrogens with two attached hydrogens (primary N) is 1. The fourth-order valence-electron chi connectivity index (χ4n) is 1.52. The van der Waals surface area contributed by atoms with Crippen molar-refractivity contribution in [3.8, 4) is 0 Å². The molecule has 0 radical (unpaired) electrons. The summed E-state index contributed by atoms with van der Waals surface area (Å²) in [6.45, 7) is 1.99. The third-order valence-corrected chi connectivity index (χ3v) is 2.17. The van der Waals surface area contributed by atoms with Crippen LogP contribution in [-0.4, -0.2) is 4.98 Å². The first-order valence-electron chi connectivity index (χ1n) is 4.38. The summed E-state index contributed by atoms with van der Waals surface area (Å²) in [6.07, 6.45) is 1.80. The van der Waals surface area contributed by atoms with Crippen molar-refractivity contribution in [2.75, 3.05) is 0 Å². The minimum absolute atomic E-state index is 0. The fourth-order valence-corrected chi connectivity index (χ4v) is 1.52. The lowest BCUT2D eigenvalue weighted by molar-refractivity contribution is 0.826. The van der Waals surface area contributed by atoms with Gasteiger partial charge in [-0.15, -0.1) is 12.4 Å². The molecule has 74 valence electrons. The lowest BCUT2D eigenvalue weighted by Gasteiger charge is -2.08. The molecule has 0 bridgehead atoms. The van der Waals surface area contributed by atoms with Crippen LogP contribution >= 0.6 is 12.4 Å². The number of nitrogens with zero attached hydrogens (tertiary/aromatic N) is 1. The average Bonchev–Trinajstić information content (AvgIpc) is 2.17. The maximum atomic E-state index is 5.85. The van der Waals surface area contributed by atoms with Crippen LogP contribution in [0.15, 0.2) is 36.5 Å². The Morgan fingerprint density at radius 2 is 2.00 bits per heavy atom. The van der Waals surface area contributed by atoms with Crippen molar-refractivity contribution in [1.29, 1.82) is 0 Å². The summed E-state index contributed by atoms with van der Waals surface area (Å²) < 4.78 is 0. The first kappa shape index (κ1) is 11.0. The number of pyridine rings is 1. The van der Waals surface area contributed by atoms with Gasteiger partial charge in [-0.05, 0) is 24.6 Å². The second kappa shape index (κ2) is 4.40. The number of aromatic nitrogens is 1. The number of benzene rings is 1. The zero-order valence-corrected chi connectivity index (χ0v) is 8.79. The van der Waals surface area contributed by atoms with Crippen molar-refractivity contribution in [2.24, 2.45) is 5.73 Å². The van der Waals surface area contributed by atoms with Gasteiger partial charge in [0.15, 0.2) is 0 Å². The van der Waals surface area contributed by atoms with Crippen molar-refractivity contribution in [1.82, 2.24) is 4.98 Å². The van der Waals surface area contributed by atoms with Gasteiger partial charge in [-0.1, -0.05) is 18.2 Å². The number of halogens is 1. The number of hydrogen-bond donors (Lipinski definition) is 1. The highest BCUT2D eigenvalue weighted by atomic mass is 35.5. The molecule has 1 atom stereocenters. The molecule has 3 heteroatoms. The van der Waals surface area contributed by atoms with Gasteiger partial charge in [-0.25, -0.2) is 0 Å². The van der Waals surface area contributed by atoms with E-state index in [1.165, 1.54) is 0 Å². The number of fused-ring (bicyclic) bond motifs is 1. The van der Waals surface area contributed by atoms with E-state index in [1.807, 2.05) is 25.1 Å². The molecule has 0 aliphatic heterocycles. The summed E-state index contributed by atoms with van der Waals surface area (Å²) in [6, 6.07) is 10.1. The van der Waals surface area contributed by atoms with E-state index in [9.17, 15) is 0 Å². The van der Waals surface area contributed by atoms with Gasteiger partial charge in [-0.3, -0.25) is 4.98 Å². The van der Waals surface area contributed by atoms with Crippen LogP contribution in [0.2, 0.25) is 0 Å². The molecular weight excluding hydrogens is 196 g/mol. The molecule has 1 unspecified atom stereocenters. The van der Waals surface area contributed by atoms with E-state index in [-0.39, 0.29) is 18.4 Å². The van der Waals surface area contributed by atoms with Gasteiger partial charge in [0.1, 0.15) is 0 Å². The average molecular weight is 209 g/mol. The summed E-state index contributed by atoms with van der Waals surface area (Å²) in [5, 5.41) is 1.15. The molecule has 2 N–H and O–H groups in total. The van der Waals surface area contributed by atoms with Crippen LogP contribution in [-0.2, 0) is 0 Å². The molecule has 0 amide bonds. The minimum Gasteiger partial charge on any atom is -0.324 e. The largest absolute Gasteiger partial charge is 0.324 e. The van der Waals surface area contributed by atoms with Gasteiger partial charge in [0.05, 0.1) is 5.52 Å². The highest BCUT2D eigenvalue weighted by Gasteiger charge is 2.03. The quantitative estimate of drug-likeness (QED) is 0.783. The molecule has 0 saturated heterocycles. The monoisotopic (exact) mass is 208 g/mol. The van der Waals surface area contributed by atoms with Crippen LogP contribution in [0.5, 0.6) is 0 Å². The molecule has 14 heavy (non-hydrogen) atoms. The summed E-state index contributed by atoms with van der Waals surface area (Å²) >= 11 is 0. The lowest BCUT2D eigenvalue weighted by Crippen LogP contribution is -2.05. The van der Waals surface area contributed by atoms with E-state index in [2.05, 4.69) is 17.1 Å². The van der Waals surface area contributed by atoms with Crippen LogP contribution in [0.25, 0.3) is 10.9 Å². The summed E-state index contributed by atoms with van der Waals surface area (Å²) in [5.74, 6) is 0. The molecule has 1 aromatic carbocycles. The van der Waals surface area contributed by atoms with E-state index in [1.54, 1.807) is 6.20 Å². The first-order valence-corrected chi connectivity index (χ1v) is 4.38. The summed E-state index contributed by atoms with van der Waals surface area (Å²) in [7, 11) is 0. The Labute approximate surface area is 89.6 Å². The zero-order valence-electron chi connectivity index (χ0n) is 7.97. The Bertz CT molecular complexity index is 421. The highest BCUT2D eigenvalue weighted by molar-refractivity contribution is 5.85. The Morgan fingerprint density at radius 1 is 1.21 bits per heavy atom. The predicted octanol–water partition coefficient (Wildman–Crippen LogP) is 2.68. The SMILES string of the molecule is CC(N)c1cccc2ncccc12.Cl. The fraction of sp³-hybridized carbons (Fsp3) is 0.182. The molecule has 0 saturated carbocycles. The van der Waals surface area contributed by atoms with Crippen molar-refractivity contribution < 1.29 is 0 Å². The van der Waals surface area contributed by atoms with Gasteiger partial charge in [0, 0.05) is 17.6 Å². The van der Waals surface area contributed by atoms with Gasteiger partial charge in [0.2, 0.25) is 0 Å². The molecule has 1 heterocycles. The van der Waals surface area contributed by atoms with Gasteiger partial charge >= 0.3 is 0 Å². The van der Waals surface area contributed by atoms with E-state index >= 15 is 0 Å². The third-order valence-electron chi connectivity index (χ3n) is 2.17. The summed E-state index contributed by atoms with van der Waals surface area (Å²) in [4.78, 5) is 4.27. The maximum Gasteiger partial charge on any atom is 0.0705 e. The molecule has 0 spiro atoms. The molecule has 0 aliphatic rings. The molecule has 2 rings (SSSR count). The van der Waals surface area contributed by atoms with Crippen LogP contribution in [0.3, 0.4) is 0 Å². The maximum absolute atomic E-state index is 5.85. The molecule has 2 nitrogen and oxygen atoms in total. The predicted molar refractivity (Wildman–Crippen MR) is 61.6 cm³/mol. The van der Waals surface area contributed by atoms with E-state index in [4.69, 9.17) is 5.73 Å². The topological polar surface area (TPSA) is 38.9 Å². The van der Waals surface area contributed by atoms with Crippen LogP contribution in [0.1, 0.15) is 18.5 Å². The van der Waals surface area contributed by atoms with Crippen molar-refractivity contribution >= 4 is 23.3 Å². The Hall–Kier alpha value is -1.12. The van der Waals surface area contributed by atoms with Gasteiger partial charge < -0.3 is 5.73 Å². The molecule has 1 aromatic heterocycles. The van der Waals surface area contributed by atoms with Crippen molar-refractivity contribution in [3.63, 3.8) is 0 Å². The second-order valence-electron chi connectivity index (χ2n) is 3.21. The molecular formula is C11H13ClN2. The minimum atomic E-state index is 0. The molecule has 2 aromatic rings. The number of rotatable bonds is 1. The first-order chi connectivity index (χ1) is 6.29. The third kappa shape index (κ3) is 1.86. The molecule has 0 aliphatic carbocycles. The van der Waals surface area contributed by atoms with Crippen molar-refractivity contribution in [2.45, 2.75) is 13.0 Å². The lowest BCUT2D eigenvalue weighted by atomic mass is 10.0. The second-order valence-corrected chi connectivity index (χ2v) is 3.21. The van der Waals surface area contributed by atoms with Gasteiger partial charge in [-0.2, -0.15) is 0 Å². The highest BCUT2D eigenvalue weighted by Crippen LogP contribution is 2.20. The van der Waals surface area contributed by atoms with Crippen LogP contribution in [0.4, 0.5) is 0 Å². The normalized spacial score (nSPS) is 12.1. The van der Waals surface area contributed by atoms with E-state index < -0.39 is 0 Å². The molecule has 0 fully saturated rings. The summed E-state index contributed by atoms with van der Waals surface area (Å²) in [5.41, 5.74) is 8.02. The smallest absolute Gasteiger partial charge is 0.0705 e. The van der Waals surface area contributed by atoms with Gasteiger partial charge in [0.25, 0.3) is 0 Å². The number of hydrogen-bond acceptors (Lipinski definition) is 2. The van der Waals surface area contributed by atoms with Crippen LogP contribution < -0.4 is 5.73 Å². The Balaban J connectivity index is 0.000000980. The van der Waals surface area contributed by atoms with E-state index in [0.29, 0.717) is 0 Å². The van der Waals surface area contributed by atoms with E-state index in [0.717, 1.165) is 16.5 Å². The standard InChI is InChI=1S/C11H12N2.ClH/c1-8(12)9-4-2-6-11-10(9)5-3-7-13-11;/h2-8H,12H2,1H3;1H. The Morgan fingerprint density at radius 3 is 2.71 bits per heavy atom. The zero-order chi connectivity index (χ0) is 9.26. The van der Waals surface area contributed by atoms with Crippen LogP contribution in [0, 0.1) is 0 Å².